The van der Waals surface area contributed by atoms with Gasteiger partial charge in [0.15, 0.2) is 0 Å². The van der Waals surface area contributed by atoms with E-state index in [0.717, 1.165) is 24.9 Å². The molecule has 1 saturated carbocycles. The first kappa shape index (κ1) is 12.2. The van der Waals surface area contributed by atoms with Gasteiger partial charge in [-0.2, -0.15) is 0 Å². The van der Waals surface area contributed by atoms with Gasteiger partial charge in [0.25, 0.3) is 0 Å². The fourth-order valence-electron chi connectivity index (χ4n) is 3.71. The number of nitrogens with two attached hydrogens (primary N) is 1. The molecule has 2 unspecified atom stereocenters. The van der Waals surface area contributed by atoms with Crippen molar-refractivity contribution in [2.75, 3.05) is 19.6 Å². The van der Waals surface area contributed by atoms with Gasteiger partial charge in [-0.3, -0.25) is 4.90 Å². The average Bonchev–Trinajstić information content (AvgIpc) is 2.86. The van der Waals surface area contributed by atoms with Crippen molar-refractivity contribution >= 4 is 0 Å². The van der Waals surface area contributed by atoms with Gasteiger partial charge in [-0.25, -0.2) is 0 Å². The molecule has 2 aliphatic rings. The van der Waals surface area contributed by atoms with Gasteiger partial charge in [-0.1, -0.05) is 30.7 Å². The van der Waals surface area contributed by atoms with E-state index in [1.165, 1.54) is 44.3 Å². The van der Waals surface area contributed by atoms with Gasteiger partial charge in [0, 0.05) is 19.6 Å². The third-order valence-electron chi connectivity index (χ3n) is 4.82. The van der Waals surface area contributed by atoms with Gasteiger partial charge in [0.1, 0.15) is 0 Å². The highest BCUT2D eigenvalue weighted by Crippen LogP contribution is 2.32. The van der Waals surface area contributed by atoms with Gasteiger partial charge in [0.2, 0.25) is 0 Å². The second-order valence-corrected chi connectivity index (χ2v) is 5.94. The van der Waals surface area contributed by atoms with E-state index in [-0.39, 0.29) is 0 Å². The molecule has 2 N–H and O–H groups in total. The van der Waals surface area contributed by atoms with Crippen molar-refractivity contribution in [3.8, 4) is 0 Å². The molecule has 0 amide bonds. The maximum absolute atomic E-state index is 5.89. The fraction of sp³-hybridized carbons (Fsp3) is 0.625. The molecule has 2 nitrogen and oxygen atoms in total. The second kappa shape index (κ2) is 5.41. The van der Waals surface area contributed by atoms with E-state index in [4.69, 9.17) is 5.73 Å². The average molecular weight is 244 g/mol. The molecule has 2 heteroatoms. The maximum atomic E-state index is 5.89. The molecule has 18 heavy (non-hydrogen) atoms. The summed E-state index contributed by atoms with van der Waals surface area (Å²) < 4.78 is 0. The summed E-state index contributed by atoms with van der Waals surface area (Å²) >= 11 is 0. The number of hydrogen-bond acceptors (Lipinski definition) is 2. The summed E-state index contributed by atoms with van der Waals surface area (Å²) in [5.74, 6) is 1.63. The predicted molar refractivity (Wildman–Crippen MR) is 75.3 cm³/mol. The Balaban J connectivity index is 1.62. The van der Waals surface area contributed by atoms with Crippen molar-refractivity contribution in [1.82, 2.24) is 4.90 Å². The lowest BCUT2D eigenvalue weighted by molar-refractivity contribution is 0.192. The zero-order chi connectivity index (χ0) is 12.4. The lowest BCUT2D eigenvalue weighted by atomic mass is 9.93. The Morgan fingerprint density at radius 2 is 1.89 bits per heavy atom. The standard InChI is InChI=1S/C16H24N2/c17-10-14-6-3-7-16(14)12-18-9-8-13-4-1-2-5-15(13)11-18/h1-2,4-5,14,16H,3,6-12,17H2. The Labute approximate surface area is 110 Å². The van der Waals surface area contributed by atoms with Gasteiger partial charge in [0.05, 0.1) is 0 Å². The molecule has 98 valence electrons. The fourth-order valence-corrected chi connectivity index (χ4v) is 3.71. The summed E-state index contributed by atoms with van der Waals surface area (Å²) in [6, 6.07) is 8.90. The summed E-state index contributed by atoms with van der Waals surface area (Å²) in [5.41, 5.74) is 8.97. The molecular weight excluding hydrogens is 220 g/mol. The van der Waals surface area contributed by atoms with E-state index in [9.17, 15) is 0 Å². The zero-order valence-corrected chi connectivity index (χ0v) is 11.1. The van der Waals surface area contributed by atoms with E-state index in [0.29, 0.717) is 0 Å². The molecule has 1 fully saturated rings. The van der Waals surface area contributed by atoms with E-state index < -0.39 is 0 Å². The Bertz CT molecular complexity index is 402. The van der Waals surface area contributed by atoms with Gasteiger partial charge in [-0.15, -0.1) is 0 Å². The van der Waals surface area contributed by atoms with Gasteiger partial charge in [-0.05, 0) is 48.8 Å². The number of fused-ring (bicyclic) bond motifs is 1. The van der Waals surface area contributed by atoms with Crippen molar-refractivity contribution in [1.29, 1.82) is 0 Å². The first-order valence-electron chi connectivity index (χ1n) is 7.36. The summed E-state index contributed by atoms with van der Waals surface area (Å²) in [5, 5.41) is 0. The summed E-state index contributed by atoms with van der Waals surface area (Å²) in [6.45, 7) is 4.51. The topological polar surface area (TPSA) is 29.3 Å². The van der Waals surface area contributed by atoms with Crippen LogP contribution in [0.2, 0.25) is 0 Å². The van der Waals surface area contributed by atoms with Crippen LogP contribution in [-0.4, -0.2) is 24.5 Å². The van der Waals surface area contributed by atoms with Gasteiger partial charge < -0.3 is 5.73 Å². The van der Waals surface area contributed by atoms with E-state index >= 15 is 0 Å². The molecule has 0 radical (unpaired) electrons. The number of nitrogens with zero attached hydrogens (tertiary/aromatic N) is 1. The van der Waals surface area contributed by atoms with E-state index in [1.807, 2.05) is 0 Å². The summed E-state index contributed by atoms with van der Waals surface area (Å²) in [6.07, 6.45) is 5.35. The highest BCUT2D eigenvalue weighted by atomic mass is 15.1. The Hall–Kier alpha value is -0.860. The molecule has 0 bridgehead atoms. The van der Waals surface area contributed by atoms with Crippen molar-refractivity contribution in [2.45, 2.75) is 32.2 Å². The van der Waals surface area contributed by atoms with Crippen molar-refractivity contribution < 1.29 is 0 Å². The largest absolute Gasteiger partial charge is 0.330 e. The Kier molecular flexibility index (Phi) is 3.67. The smallest absolute Gasteiger partial charge is 0.0236 e. The Morgan fingerprint density at radius 3 is 2.72 bits per heavy atom. The molecular formula is C16H24N2. The molecule has 0 aromatic heterocycles. The van der Waals surface area contributed by atoms with Crippen molar-refractivity contribution in [2.24, 2.45) is 17.6 Å². The highest BCUT2D eigenvalue weighted by Gasteiger charge is 2.28. The third-order valence-corrected chi connectivity index (χ3v) is 4.82. The lowest BCUT2D eigenvalue weighted by Crippen LogP contribution is -2.36. The minimum absolute atomic E-state index is 0.780. The van der Waals surface area contributed by atoms with Crippen LogP contribution in [-0.2, 0) is 13.0 Å². The summed E-state index contributed by atoms with van der Waals surface area (Å²) in [7, 11) is 0. The minimum atomic E-state index is 0.780. The van der Waals surface area contributed by atoms with Crippen LogP contribution < -0.4 is 5.73 Å². The molecule has 1 aliphatic heterocycles. The first-order valence-corrected chi connectivity index (χ1v) is 7.36. The van der Waals surface area contributed by atoms with Gasteiger partial charge >= 0.3 is 0 Å². The van der Waals surface area contributed by atoms with Crippen LogP contribution in [0.4, 0.5) is 0 Å². The summed E-state index contributed by atoms with van der Waals surface area (Å²) in [4.78, 5) is 2.64. The number of hydrogen-bond donors (Lipinski definition) is 1. The normalized spacial score (nSPS) is 28.3. The Morgan fingerprint density at radius 1 is 1.11 bits per heavy atom. The molecule has 1 aliphatic carbocycles. The van der Waals surface area contributed by atoms with Crippen molar-refractivity contribution in [3.63, 3.8) is 0 Å². The first-order chi connectivity index (χ1) is 8.86. The monoisotopic (exact) mass is 244 g/mol. The van der Waals surface area contributed by atoms with Crippen LogP contribution in [0, 0.1) is 11.8 Å². The second-order valence-electron chi connectivity index (χ2n) is 5.94. The lowest BCUT2D eigenvalue weighted by Gasteiger charge is -2.32. The molecule has 2 atom stereocenters. The maximum Gasteiger partial charge on any atom is 0.0236 e. The molecule has 0 spiro atoms. The molecule has 1 heterocycles. The van der Waals surface area contributed by atoms with Crippen LogP contribution in [0.25, 0.3) is 0 Å². The van der Waals surface area contributed by atoms with Crippen LogP contribution in [0.15, 0.2) is 24.3 Å². The predicted octanol–water partition coefficient (Wildman–Crippen LogP) is 2.42. The van der Waals surface area contributed by atoms with Crippen LogP contribution in [0.5, 0.6) is 0 Å². The molecule has 3 rings (SSSR count). The third kappa shape index (κ3) is 2.45. The quantitative estimate of drug-likeness (QED) is 0.885. The zero-order valence-electron chi connectivity index (χ0n) is 11.1. The number of rotatable bonds is 3. The van der Waals surface area contributed by atoms with Crippen LogP contribution >= 0.6 is 0 Å². The van der Waals surface area contributed by atoms with Crippen LogP contribution in [0.1, 0.15) is 30.4 Å². The van der Waals surface area contributed by atoms with Crippen molar-refractivity contribution in [3.05, 3.63) is 35.4 Å². The SMILES string of the molecule is NCC1CCCC1CN1CCc2ccccc2C1. The minimum Gasteiger partial charge on any atom is -0.330 e. The molecule has 1 aromatic carbocycles. The highest BCUT2D eigenvalue weighted by molar-refractivity contribution is 5.29. The molecule has 0 saturated heterocycles. The van der Waals surface area contributed by atoms with E-state index in [1.54, 1.807) is 5.56 Å². The molecule has 1 aromatic rings. The van der Waals surface area contributed by atoms with Crippen LogP contribution in [0.3, 0.4) is 0 Å². The van der Waals surface area contributed by atoms with E-state index in [2.05, 4.69) is 29.2 Å². The number of benzene rings is 1.